The minimum absolute atomic E-state index is 0.214. The van der Waals surface area contributed by atoms with E-state index in [1.165, 1.54) is 6.92 Å². The van der Waals surface area contributed by atoms with Gasteiger partial charge in [-0.2, -0.15) is 4.31 Å². The molecule has 1 fully saturated rings. The highest BCUT2D eigenvalue weighted by Gasteiger charge is 2.36. The summed E-state index contributed by atoms with van der Waals surface area (Å²) in [5.74, 6) is -2.57. The third-order valence-corrected chi connectivity index (χ3v) is 5.32. The van der Waals surface area contributed by atoms with Crippen LogP contribution in [-0.2, 0) is 14.8 Å². The molecule has 0 amide bonds. The lowest BCUT2D eigenvalue weighted by Gasteiger charge is -2.33. The van der Waals surface area contributed by atoms with Gasteiger partial charge in [-0.1, -0.05) is 6.42 Å². The van der Waals surface area contributed by atoms with E-state index in [0.29, 0.717) is 18.9 Å². The van der Waals surface area contributed by atoms with Gasteiger partial charge in [0, 0.05) is 6.54 Å². The van der Waals surface area contributed by atoms with Crippen molar-refractivity contribution in [1.82, 2.24) is 4.31 Å². The Morgan fingerprint density at radius 1 is 1.25 bits per heavy atom. The number of benzene rings is 1. The molecule has 1 heterocycles. The van der Waals surface area contributed by atoms with Crippen molar-refractivity contribution < 1.29 is 22.0 Å². The minimum Gasteiger partial charge on any atom is -0.298 e. The van der Waals surface area contributed by atoms with E-state index in [9.17, 15) is 22.0 Å². The molecule has 0 saturated carbocycles. The number of sulfonamides is 1. The average molecular weight is 303 g/mol. The molecule has 0 bridgehead atoms. The molecule has 2 rings (SSSR count). The minimum atomic E-state index is -3.99. The van der Waals surface area contributed by atoms with Crippen molar-refractivity contribution in [2.75, 3.05) is 6.54 Å². The maximum atomic E-state index is 13.2. The van der Waals surface area contributed by atoms with Crippen LogP contribution in [0.5, 0.6) is 0 Å². The molecule has 4 nitrogen and oxygen atoms in total. The maximum absolute atomic E-state index is 13.2. The third-order valence-electron chi connectivity index (χ3n) is 3.42. The predicted molar refractivity (Wildman–Crippen MR) is 68.6 cm³/mol. The Morgan fingerprint density at radius 2 is 1.95 bits per heavy atom. The van der Waals surface area contributed by atoms with Crippen LogP contribution in [0.1, 0.15) is 26.2 Å². The normalized spacial score (nSPS) is 20.9. The van der Waals surface area contributed by atoms with Crippen molar-refractivity contribution in [2.24, 2.45) is 0 Å². The van der Waals surface area contributed by atoms with Crippen molar-refractivity contribution in [3.63, 3.8) is 0 Å². The van der Waals surface area contributed by atoms with Gasteiger partial charge >= 0.3 is 0 Å². The number of ketones is 1. The molecule has 1 saturated heterocycles. The number of halogens is 2. The second kappa shape index (κ2) is 5.57. The van der Waals surface area contributed by atoms with Gasteiger partial charge in [-0.3, -0.25) is 4.79 Å². The van der Waals surface area contributed by atoms with Crippen molar-refractivity contribution in [3.8, 4) is 0 Å². The van der Waals surface area contributed by atoms with Crippen molar-refractivity contribution >= 4 is 15.8 Å². The van der Waals surface area contributed by atoms with E-state index < -0.39 is 27.7 Å². The fourth-order valence-corrected chi connectivity index (χ4v) is 4.09. The number of hydrogen-bond donors (Lipinski definition) is 0. The van der Waals surface area contributed by atoms with Gasteiger partial charge in [0.25, 0.3) is 0 Å². The Kier molecular flexibility index (Phi) is 4.19. The number of hydrogen-bond acceptors (Lipinski definition) is 3. The van der Waals surface area contributed by atoms with Crippen LogP contribution in [0.15, 0.2) is 23.1 Å². The summed E-state index contributed by atoms with van der Waals surface area (Å²) >= 11 is 0. The van der Waals surface area contributed by atoms with Gasteiger partial charge in [0.2, 0.25) is 10.0 Å². The molecule has 1 unspecified atom stereocenters. The van der Waals surface area contributed by atoms with Gasteiger partial charge in [0.05, 0.1) is 10.9 Å². The molecule has 1 aromatic rings. The Hall–Kier alpha value is -1.34. The molecule has 20 heavy (non-hydrogen) atoms. The molecule has 7 heteroatoms. The number of carbonyl (C=O) groups is 1. The fraction of sp³-hybridized carbons (Fsp3) is 0.462. The zero-order valence-corrected chi connectivity index (χ0v) is 11.8. The Morgan fingerprint density at radius 3 is 2.55 bits per heavy atom. The van der Waals surface area contributed by atoms with E-state index in [4.69, 9.17) is 0 Å². The highest BCUT2D eigenvalue weighted by molar-refractivity contribution is 7.89. The summed E-state index contributed by atoms with van der Waals surface area (Å²) in [6.45, 7) is 1.55. The first-order chi connectivity index (χ1) is 9.34. The summed E-state index contributed by atoms with van der Waals surface area (Å²) in [6, 6.07) is 1.71. The van der Waals surface area contributed by atoms with E-state index in [1.807, 2.05) is 0 Å². The summed E-state index contributed by atoms with van der Waals surface area (Å²) in [5.41, 5.74) is 0. The van der Waals surface area contributed by atoms with E-state index in [1.54, 1.807) is 0 Å². The molecule has 0 spiro atoms. The summed E-state index contributed by atoms with van der Waals surface area (Å²) in [6.07, 6.45) is 1.87. The zero-order chi connectivity index (χ0) is 14.9. The van der Waals surface area contributed by atoms with Crippen LogP contribution in [0.4, 0.5) is 8.78 Å². The van der Waals surface area contributed by atoms with Gasteiger partial charge in [0.1, 0.15) is 5.78 Å². The molecule has 0 aliphatic carbocycles. The smallest absolute Gasteiger partial charge is 0.243 e. The first-order valence-electron chi connectivity index (χ1n) is 6.31. The van der Waals surface area contributed by atoms with Crippen LogP contribution in [-0.4, -0.2) is 31.1 Å². The summed E-state index contributed by atoms with van der Waals surface area (Å²) in [4.78, 5) is 11.2. The van der Waals surface area contributed by atoms with Gasteiger partial charge in [0.15, 0.2) is 11.6 Å². The van der Waals surface area contributed by atoms with Crippen LogP contribution in [0.2, 0.25) is 0 Å². The topological polar surface area (TPSA) is 54.5 Å². The van der Waals surface area contributed by atoms with Crippen molar-refractivity contribution in [3.05, 3.63) is 29.8 Å². The van der Waals surface area contributed by atoms with Gasteiger partial charge in [-0.15, -0.1) is 0 Å². The molecule has 0 N–H and O–H groups in total. The van der Waals surface area contributed by atoms with Gasteiger partial charge in [-0.05, 0) is 38.0 Å². The van der Waals surface area contributed by atoms with Gasteiger partial charge < -0.3 is 0 Å². The second-order valence-corrected chi connectivity index (χ2v) is 6.70. The number of piperidine rings is 1. The molecule has 110 valence electrons. The Labute approximate surface area is 116 Å². The largest absolute Gasteiger partial charge is 0.298 e. The Balaban J connectivity index is 2.42. The van der Waals surface area contributed by atoms with Crippen LogP contribution in [0, 0.1) is 11.6 Å². The number of Topliss-reactive ketones (excluding diaryl/α,β-unsaturated/α-hetero) is 1. The number of rotatable bonds is 3. The molecule has 0 aromatic heterocycles. The lowest BCUT2D eigenvalue weighted by Crippen LogP contribution is -2.47. The molecular formula is C13H15F2NO3S. The van der Waals surface area contributed by atoms with Gasteiger partial charge in [-0.25, -0.2) is 17.2 Å². The fourth-order valence-electron chi connectivity index (χ4n) is 2.37. The lowest BCUT2D eigenvalue weighted by molar-refractivity contribution is -0.121. The quantitative estimate of drug-likeness (QED) is 0.859. The SMILES string of the molecule is CC(=O)C1CCCCN1S(=O)(=O)c1ccc(F)c(F)c1. The standard InChI is InChI=1S/C13H15F2NO3S/c1-9(17)13-4-2-3-7-16(13)20(18,19)10-5-6-11(14)12(15)8-10/h5-6,8,13H,2-4,7H2,1H3. The molecule has 1 aliphatic rings. The van der Waals surface area contributed by atoms with E-state index >= 15 is 0 Å². The van der Waals surface area contributed by atoms with Crippen molar-refractivity contribution in [2.45, 2.75) is 37.1 Å². The van der Waals surface area contributed by atoms with Crippen LogP contribution >= 0.6 is 0 Å². The predicted octanol–water partition coefficient (Wildman–Crippen LogP) is 2.10. The van der Waals surface area contributed by atoms with Crippen LogP contribution < -0.4 is 0 Å². The molecule has 1 atom stereocenters. The first-order valence-corrected chi connectivity index (χ1v) is 7.75. The average Bonchev–Trinajstić information content (AvgIpc) is 2.41. The number of nitrogens with zero attached hydrogens (tertiary/aromatic N) is 1. The van der Waals surface area contributed by atoms with Crippen molar-refractivity contribution in [1.29, 1.82) is 0 Å². The maximum Gasteiger partial charge on any atom is 0.243 e. The number of carbonyl (C=O) groups excluding carboxylic acids is 1. The first kappa shape index (κ1) is 15.1. The summed E-state index contributed by atoms with van der Waals surface area (Å²) < 4.78 is 52.1. The monoisotopic (exact) mass is 303 g/mol. The van der Waals surface area contributed by atoms with Crippen LogP contribution in [0.3, 0.4) is 0 Å². The summed E-state index contributed by atoms with van der Waals surface area (Å²) in [7, 11) is -3.99. The van der Waals surface area contributed by atoms with Crippen LogP contribution in [0.25, 0.3) is 0 Å². The van der Waals surface area contributed by atoms with E-state index in [2.05, 4.69) is 0 Å². The Bertz CT molecular complexity index is 631. The molecule has 1 aromatic carbocycles. The van der Waals surface area contributed by atoms with E-state index in [0.717, 1.165) is 22.9 Å². The lowest BCUT2D eigenvalue weighted by atomic mass is 10.0. The molecule has 1 aliphatic heterocycles. The molecular weight excluding hydrogens is 288 g/mol. The van der Waals surface area contributed by atoms with E-state index in [-0.39, 0.29) is 17.2 Å². The molecule has 0 radical (unpaired) electrons. The second-order valence-electron chi connectivity index (χ2n) is 4.81. The zero-order valence-electron chi connectivity index (χ0n) is 11.0. The highest BCUT2D eigenvalue weighted by Crippen LogP contribution is 2.26. The summed E-state index contributed by atoms with van der Waals surface area (Å²) in [5, 5.41) is 0. The highest BCUT2D eigenvalue weighted by atomic mass is 32.2. The third kappa shape index (κ3) is 2.73.